The molecule has 0 aromatic carbocycles. The Hall–Kier alpha value is -1.92. The minimum absolute atomic E-state index is 0.0469. The molecular formula is C13H19N3O7S2. The standard InChI is InChI=1S/C13H19N3O7S2/c1-25(23)5-7(13(21)22)16-10(18)9(11(16)24)15-8(17)4-2-3-6(14)12(19)20/h6-7,9H,2-5,14H2,1H3,(H,15,17)(H,19,20)(H,21,22)/t6-,7+,9+,25-/m0/s1. The predicted molar refractivity (Wildman–Crippen MR) is 91.2 cm³/mol. The molecule has 25 heavy (non-hydrogen) atoms. The van der Waals surface area contributed by atoms with Gasteiger partial charge in [-0.2, -0.15) is 0 Å². The van der Waals surface area contributed by atoms with E-state index in [4.69, 9.17) is 28.2 Å². The van der Waals surface area contributed by atoms with Crippen molar-refractivity contribution in [3.8, 4) is 0 Å². The molecule has 0 spiro atoms. The fraction of sp³-hybridized carbons (Fsp3) is 0.615. The number of likely N-dealkylation sites (tertiary alicyclic amines) is 1. The van der Waals surface area contributed by atoms with E-state index in [0.717, 1.165) is 4.90 Å². The minimum atomic E-state index is -1.45. The van der Waals surface area contributed by atoms with Crippen LogP contribution in [-0.4, -0.2) is 78.2 Å². The summed E-state index contributed by atoms with van der Waals surface area (Å²) in [5, 5.41) is 20.1. The molecule has 1 aliphatic heterocycles. The van der Waals surface area contributed by atoms with E-state index < -0.39 is 52.7 Å². The Morgan fingerprint density at radius 3 is 2.40 bits per heavy atom. The third-order valence-corrected chi connectivity index (χ3v) is 4.72. The van der Waals surface area contributed by atoms with Crippen LogP contribution in [0.4, 0.5) is 0 Å². The SMILES string of the molecule is C[S@](=O)C[C@H](C(=O)O)N1C(=O)[C@@H](NC(=O)CCC[C@H](N)C(=O)O)C1=S. The second-order valence-electron chi connectivity index (χ2n) is 5.48. The lowest BCUT2D eigenvalue weighted by molar-refractivity contribution is -0.149. The molecule has 0 bridgehead atoms. The lowest BCUT2D eigenvalue weighted by Crippen LogP contribution is -2.71. The van der Waals surface area contributed by atoms with Crippen LogP contribution in [0.5, 0.6) is 0 Å². The number of carbonyl (C=O) groups is 4. The van der Waals surface area contributed by atoms with Crippen LogP contribution in [0.25, 0.3) is 0 Å². The maximum atomic E-state index is 12.1. The molecule has 1 rings (SSSR count). The van der Waals surface area contributed by atoms with Crippen molar-refractivity contribution in [1.82, 2.24) is 10.2 Å². The largest absolute Gasteiger partial charge is 0.480 e. The lowest BCUT2D eigenvalue weighted by Gasteiger charge is -2.42. The Labute approximate surface area is 151 Å². The number of β-lactam (4-membered cyclic amide) rings is 1. The summed E-state index contributed by atoms with van der Waals surface area (Å²) in [6, 6.07) is -3.52. The van der Waals surface area contributed by atoms with Crippen molar-refractivity contribution in [2.24, 2.45) is 5.73 Å². The van der Waals surface area contributed by atoms with Crippen molar-refractivity contribution >= 4 is 51.8 Å². The molecule has 140 valence electrons. The summed E-state index contributed by atoms with van der Waals surface area (Å²) in [5.74, 6) is -3.98. The maximum absolute atomic E-state index is 12.1. The molecule has 2 amide bonds. The molecule has 4 atom stereocenters. The Kier molecular flexibility index (Phi) is 7.58. The van der Waals surface area contributed by atoms with E-state index in [1.54, 1.807) is 0 Å². The summed E-state index contributed by atoms with van der Waals surface area (Å²) in [6.45, 7) is 0. The Bertz CT molecular complexity index is 609. The van der Waals surface area contributed by atoms with Crippen LogP contribution in [0.15, 0.2) is 0 Å². The summed E-state index contributed by atoms with van der Waals surface area (Å²) in [4.78, 5) is 46.4. The van der Waals surface area contributed by atoms with Gasteiger partial charge in [-0.3, -0.25) is 23.5 Å². The monoisotopic (exact) mass is 393 g/mol. The molecule has 0 aromatic heterocycles. The van der Waals surface area contributed by atoms with Crippen LogP contribution in [0.1, 0.15) is 19.3 Å². The molecular weight excluding hydrogens is 374 g/mol. The van der Waals surface area contributed by atoms with Gasteiger partial charge in [0.15, 0.2) is 6.04 Å². The third-order valence-electron chi connectivity index (χ3n) is 3.50. The molecule has 0 aliphatic carbocycles. The molecule has 10 nitrogen and oxygen atoms in total. The van der Waals surface area contributed by atoms with E-state index in [2.05, 4.69) is 5.32 Å². The number of carboxylic acid groups (broad SMARTS) is 2. The summed E-state index contributed by atoms with van der Waals surface area (Å²) in [6.07, 6.45) is 1.57. The highest BCUT2D eigenvalue weighted by Gasteiger charge is 2.49. The number of carbonyl (C=O) groups excluding carboxylic acids is 2. The van der Waals surface area contributed by atoms with Crippen molar-refractivity contribution in [2.45, 2.75) is 37.4 Å². The van der Waals surface area contributed by atoms with E-state index in [9.17, 15) is 23.4 Å². The Morgan fingerprint density at radius 1 is 1.36 bits per heavy atom. The van der Waals surface area contributed by atoms with Crippen LogP contribution in [0.2, 0.25) is 0 Å². The molecule has 12 heteroatoms. The molecule has 1 aliphatic rings. The number of nitrogens with two attached hydrogens (primary N) is 1. The van der Waals surface area contributed by atoms with Gasteiger partial charge in [-0.1, -0.05) is 12.2 Å². The fourth-order valence-corrected chi connectivity index (χ4v) is 3.29. The van der Waals surface area contributed by atoms with Gasteiger partial charge >= 0.3 is 11.9 Å². The molecule has 5 N–H and O–H groups in total. The maximum Gasteiger partial charge on any atom is 0.327 e. The van der Waals surface area contributed by atoms with Gasteiger partial charge in [0.1, 0.15) is 17.1 Å². The zero-order valence-electron chi connectivity index (χ0n) is 13.3. The molecule has 1 fully saturated rings. The smallest absolute Gasteiger partial charge is 0.327 e. The second-order valence-corrected chi connectivity index (χ2v) is 7.38. The number of thiocarbonyl (C=S) groups is 1. The number of nitrogens with one attached hydrogen (secondary N) is 1. The van der Waals surface area contributed by atoms with Crippen molar-refractivity contribution < 1.29 is 33.6 Å². The Balaban J connectivity index is 2.54. The predicted octanol–water partition coefficient (Wildman–Crippen LogP) is -1.95. The average molecular weight is 393 g/mol. The number of rotatable bonds is 10. The van der Waals surface area contributed by atoms with Crippen molar-refractivity contribution in [3.05, 3.63) is 0 Å². The van der Waals surface area contributed by atoms with E-state index in [1.807, 2.05) is 0 Å². The molecule has 0 saturated carbocycles. The quantitative estimate of drug-likeness (QED) is 0.244. The number of nitrogens with zero attached hydrogens (tertiary/aromatic N) is 1. The first-order valence-electron chi connectivity index (χ1n) is 7.23. The first kappa shape index (κ1) is 21.1. The molecule has 0 unspecified atom stereocenters. The van der Waals surface area contributed by atoms with Gasteiger partial charge < -0.3 is 21.3 Å². The van der Waals surface area contributed by atoms with E-state index in [0.29, 0.717) is 0 Å². The molecule has 1 saturated heterocycles. The van der Waals surface area contributed by atoms with Crippen LogP contribution in [0.3, 0.4) is 0 Å². The summed E-state index contributed by atoms with van der Waals surface area (Å²) >= 11 is 4.99. The van der Waals surface area contributed by atoms with E-state index in [-0.39, 0.29) is 30.0 Å². The zero-order chi connectivity index (χ0) is 19.3. The summed E-state index contributed by atoms with van der Waals surface area (Å²) in [5.41, 5.74) is 5.31. The van der Waals surface area contributed by atoms with E-state index in [1.165, 1.54) is 6.26 Å². The topological polar surface area (TPSA) is 167 Å². The van der Waals surface area contributed by atoms with Gasteiger partial charge in [0.05, 0.1) is 5.75 Å². The number of carboxylic acids is 2. The molecule has 0 aromatic rings. The molecule has 0 radical (unpaired) electrons. The average Bonchev–Trinajstić information content (AvgIpc) is 2.51. The van der Waals surface area contributed by atoms with Crippen LogP contribution in [0, 0.1) is 0 Å². The zero-order valence-corrected chi connectivity index (χ0v) is 15.0. The van der Waals surface area contributed by atoms with Crippen LogP contribution >= 0.6 is 12.2 Å². The fourth-order valence-electron chi connectivity index (χ4n) is 2.17. The van der Waals surface area contributed by atoms with Gasteiger partial charge in [0.2, 0.25) is 5.91 Å². The summed E-state index contributed by atoms with van der Waals surface area (Å²) < 4.78 is 11.2. The highest BCUT2D eigenvalue weighted by atomic mass is 32.2. The normalized spacial score (nSPS) is 20.4. The highest BCUT2D eigenvalue weighted by molar-refractivity contribution is 7.84. The lowest BCUT2D eigenvalue weighted by atomic mass is 10.0. The third kappa shape index (κ3) is 5.54. The first-order valence-corrected chi connectivity index (χ1v) is 9.37. The molecule has 1 heterocycles. The highest BCUT2D eigenvalue weighted by Crippen LogP contribution is 2.20. The number of hydrogen-bond donors (Lipinski definition) is 4. The van der Waals surface area contributed by atoms with Gasteiger partial charge in [-0.05, 0) is 12.8 Å². The first-order chi connectivity index (χ1) is 11.6. The van der Waals surface area contributed by atoms with Gasteiger partial charge in [-0.25, -0.2) is 4.79 Å². The summed E-state index contributed by atoms with van der Waals surface area (Å²) in [7, 11) is -1.45. The number of hydrogen-bond acceptors (Lipinski definition) is 7. The second kappa shape index (κ2) is 8.97. The van der Waals surface area contributed by atoms with Crippen molar-refractivity contribution in [3.63, 3.8) is 0 Å². The van der Waals surface area contributed by atoms with E-state index >= 15 is 0 Å². The van der Waals surface area contributed by atoms with Gasteiger partial charge in [0, 0.05) is 23.5 Å². The van der Waals surface area contributed by atoms with Crippen LogP contribution in [-0.2, 0) is 30.0 Å². The van der Waals surface area contributed by atoms with Gasteiger partial charge in [-0.15, -0.1) is 0 Å². The number of amides is 2. The number of aliphatic carboxylic acids is 2. The minimum Gasteiger partial charge on any atom is -0.480 e. The Morgan fingerprint density at radius 2 is 1.96 bits per heavy atom. The van der Waals surface area contributed by atoms with Gasteiger partial charge in [0.25, 0.3) is 5.91 Å². The van der Waals surface area contributed by atoms with Crippen molar-refractivity contribution in [2.75, 3.05) is 12.0 Å². The van der Waals surface area contributed by atoms with Crippen molar-refractivity contribution in [1.29, 1.82) is 0 Å². The van der Waals surface area contributed by atoms with Crippen LogP contribution < -0.4 is 11.1 Å².